The number of amides is 1. The largest absolute Gasteiger partial charge is 0.455 e. The number of rotatable bonds is 6. The molecular formula is C18H13N3O3S2. The maximum Gasteiger partial charge on any atom is 0.316 e. The van der Waals surface area contributed by atoms with Crippen LogP contribution in [0, 0.1) is 11.3 Å². The summed E-state index contributed by atoms with van der Waals surface area (Å²) in [7, 11) is 0. The van der Waals surface area contributed by atoms with Gasteiger partial charge in [0, 0.05) is 5.69 Å². The van der Waals surface area contributed by atoms with E-state index in [0.717, 1.165) is 14.6 Å². The van der Waals surface area contributed by atoms with E-state index < -0.39 is 11.9 Å². The highest BCUT2D eigenvalue weighted by Crippen LogP contribution is 2.29. The zero-order valence-corrected chi connectivity index (χ0v) is 15.1. The van der Waals surface area contributed by atoms with Crippen LogP contribution in [0.15, 0.2) is 52.9 Å². The van der Waals surface area contributed by atoms with Gasteiger partial charge in [0.25, 0.3) is 5.91 Å². The summed E-state index contributed by atoms with van der Waals surface area (Å²) in [4.78, 5) is 28.0. The monoisotopic (exact) mass is 383 g/mol. The number of nitrogens with zero attached hydrogens (tertiary/aromatic N) is 2. The molecule has 3 aromatic rings. The Balaban J connectivity index is 1.44. The van der Waals surface area contributed by atoms with Crippen LogP contribution in [-0.2, 0) is 14.3 Å². The van der Waals surface area contributed by atoms with E-state index >= 15 is 0 Å². The van der Waals surface area contributed by atoms with Crippen molar-refractivity contribution in [3.05, 3.63) is 54.1 Å². The lowest BCUT2D eigenvalue weighted by atomic mass is 10.2. The van der Waals surface area contributed by atoms with Gasteiger partial charge in [0.2, 0.25) is 0 Å². The second kappa shape index (κ2) is 8.47. The molecule has 2 aromatic carbocycles. The molecule has 1 aromatic heterocycles. The minimum absolute atomic E-state index is 0.0804. The van der Waals surface area contributed by atoms with E-state index in [1.807, 2.05) is 30.3 Å². The van der Waals surface area contributed by atoms with Crippen LogP contribution < -0.4 is 5.32 Å². The normalized spacial score (nSPS) is 10.3. The van der Waals surface area contributed by atoms with Gasteiger partial charge in [-0.05, 0) is 30.3 Å². The number of thioether (sulfide) groups is 1. The first-order valence-electron chi connectivity index (χ1n) is 7.58. The third-order valence-electron chi connectivity index (χ3n) is 3.23. The minimum Gasteiger partial charge on any atom is -0.455 e. The Morgan fingerprint density at radius 3 is 2.88 bits per heavy atom. The van der Waals surface area contributed by atoms with Crippen molar-refractivity contribution in [2.24, 2.45) is 0 Å². The summed E-state index contributed by atoms with van der Waals surface area (Å²) in [6.45, 7) is -0.379. The molecule has 1 N–H and O–H groups in total. The summed E-state index contributed by atoms with van der Waals surface area (Å²) in [5.41, 5.74) is 1.81. The topological polar surface area (TPSA) is 92.1 Å². The predicted molar refractivity (Wildman–Crippen MR) is 101 cm³/mol. The molecule has 0 radical (unpaired) electrons. The maximum absolute atomic E-state index is 11.8. The van der Waals surface area contributed by atoms with Crippen molar-refractivity contribution in [2.75, 3.05) is 17.7 Å². The molecule has 1 heterocycles. The first-order chi connectivity index (χ1) is 12.6. The van der Waals surface area contributed by atoms with Crippen LogP contribution in [0.3, 0.4) is 0 Å². The van der Waals surface area contributed by atoms with Crippen molar-refractivity contribution in [1.29, 1.82) is 5.26 Å². The van der Waals surface area contributed by atoms with Gasteiger partial charge in [0.05, 0.1) is 27.6 Å². The number of esters is 1. The second-order valence-corrected chi connectivity index (χ2v) is 7.39. The summed E-state index contributed by atoms with van der Waals surface area (Å²) in [5, 5.41) is 11.4. The summed E-state index contributed by atoms with van der Waals surface area (Å²) < 4.78 is 6.80. The second-order valence-electron chi connectivity index (χ2n) is 5.14. The van der Waals surface area contributed by atoms with Gasteiger partial charge in [-0.25, -0.2) is 4.98 Å². The highest BCUT2D eigenvalue weighted by atomic mass is 32.2. The van der Waals surface area contributed by atoms with Crippen LogP contribution in [0.4, 0.5) is 5.69 Å². The average Bonchev–Trinajstić information content (AvgIpc) is 3.08. The van der Waals surface area contributed by atoms with Gasteiger partial charge < -0.3 is 10.1 Å². The van der Waals surface area contributed by atoms with Crippen molar-refractivity contribution < 1.29 is 14.3 Å². The van der Waals surface area contributed by atoms with Crippen molar-refractivity contribution >= 4 is 50.9 Å². The Hall–Kier alpha value is -2.89. The van der Waals surface area contributed by atoms with Crippen LogP contribution in [0.25, 0.3) is 10.2 Å². The minimum atomic E-state index is -0.491. The van der Waals surface area contributed by atoms with E-state index in [4.69, 9.17) is 10.00 Å². The van der Waals surface area contributed by atoms with Gasteiger partial charge in [0.1, 0.15) is 0 Å². The molecule has 0 bridgehead atoms. The van der Waals surface area contributed by atoms with E-state index in [9.17, 15) is 9.59 Å². The number of carbonyl (C=O) groups is 2. The smallest absolute Gasteiger partial charge is 0.316 e. The number of anilines is 1. The third kappa shape index (κ3) is 4.81. The molecule has 0 spiro atoms. The van der Waals surface area contributed by atoms with E-state index in [1.54, 1.807) is 24.3 Å². The maximum atomic E-state index is 11.8. The lowest BCUT2D eigenvalue weighted by Gasteiger charge is -2.06. The standard InChI is InChI=1S/C18H13N3O3S2/c19-9-12-4-3-5-13(8-12)20-16(22)10-24-17(23)11-25-18-21-14-6-1-2-7-15(14)26-18/h1-8H,10-11H2,(H,20,22). The molecule has 0 aliphatic rings. The summed E-state index contributed by atoms with van der Waals surface area (Å²) in [6, 6.07) is 16.2. The summed E-state index contributed by atoms with van der Waals surface area (Å²) in [6.07, 6.45) is 0. The van der Waals surface area contributed by atoms with Crippen molar-refractivity contribution in [2.45, 2.75) is 4.34 Å². The lowest BCUT2D eigenvalue weighted by molar-refractivity contribution is -0.144. The number of hydrogen-bond acceptors (Lipinski definition) is 7. The number of thiazole rings is 1. The van der Waals surface area contributed by atoms with E-state index in [0.29, 0.717) is 11.3 Å². The lowest BCUT2D eigenvalue weighted by Crippen LogP contribution is -2.21. The number of ether oxygens (including phenoxy) is 1. The van der Waals surface area contributed by atoms with Gasteiger partial charge in [-0.3, -0.25) is 9.59 Å². The quantitative estimate of drug-likeness (QED) is 0.518. The van der Waals surface area contributed by atoms with Crippen molar-refractivity contribution in [3.8, 4) is 6.07 Å². The van der Waals surface area contributed by atoms with Gasteiger partial charge in [-0.15, -0.1) is 11.3 Å². The van der Waals surface area contributed by atoms with E-state index in [-0.39, 0.29) is 12.4 Å². The Kier molecular flexibility index (Phi) is 5.84. The SMILES string of the molecule is N#Cc1cccc(NC(=O)COC(=O)CSc2nc3ccccc3s2)c1. The van der Waals surface area contributed by atoms with Crippen LogP contribution >= 0.6 is 23.1 Å². The number of hydrogen-bond donors (Lipinski definition) is 1. The number of nitriles is 1. The van der Waals surface area contributed by atoms with Crippen molar-refractivity contribution in [1.82, 2.24) is 4.98 Å². The summed E-state index contributed by atoms with van der Waals surface area (Å²) in [5.74, 6) is -0.870. The molecule has 0 atom stereocenters. The van der Waals surface area contributed by atoms with Crippen molar-refractivity contribution in [3.63, 3.8) is 0 Å². The molecular weight excluding hydrogens is 370 g/mol. The number of nitrogens with one attached hydrogen (secondary N) is 1. The van der Waals surface area contributed by atoms with Gasteiger partial charge >= 0.3 is 5.97 Å². The molecule has 0 unspecified atom stereocenters. The number of para-hydroxylation sites is 1. The number of carbonyl (C=O) groups excluding carboxylic acids is 2. The molecule has 0 aliphatic heterocycles. The highest BCUT2D eigenvalue weighted by molar-refractivity contribution is 8.01. The molecule has 6 nitrogen and oxygen atoms in total. The van der Waals surface area contributed by atoms with Crippen LogP contribution in [0.2, 0.25) is 0 Å². The molecule has 0 saturated heterocycles. The Bertz CT molecular complexity index is 962. The molecule has 130 valence electrons. The Labute approximate surface area is 157 Å². The van der Waals surface area contributed by atoms with Gasteiger partial charge in [0.15, 0.2) is 10.9 Å². The summed E-state index contributed by atoms with van der Waals surface area (Å²) >= 11 is 2.79. The molecule has 0 saturated carbocycles. The molecule has 26 heavy (non-hydrogen) atoms. The fourth-order valence-electron chi connectivity index (χ4n) is 2.08. The highest BCUT2D eigenvalue weighted by Gasteiger charge is 2.11. The van der Waals surface area contributed by atoms with Crippen LogP contribution in [-0.4, -0.2) is 29.2 Å². The van der Waals surface area contributed by atoms with Gasteiger partial charge in [-0.1, -0.05) is 30.0 Å². The van der Waals surface area contributed by atoms with E-state index in [1.165, 1.54) is 23.1 Å². The number of aromatic nitrogens is 1. The van der Waals surface area contributed by atoms with E-state index in [2.05, 4.69) is 10.3 Å². The van der Waals surface area contributed by atoms with Gasteiger partial charge in [-0.2, -0.15) is 5.26 Å². The first kappa shape index (κ1) is 17.9. The third-order valence-corrected chi connectivity index (χ3v) is 5.38. The zero-order valence-electron chi connectivity index (χ0n) is 13.5. The molecule has 3 rings (SSSR count). The number of benzene rings is 2. The molecule has 1 amide bonds. The predicted octanol–water partition coefficient (Wildman–Crippen LogP) is 3.44. The molecule has 8 heteroatoms. The Morgan fingerprint density at radius 1 is 1.23 bits per heavy atom. The average molecular weight is 383 g/mol. The molecule has 0 aliphatic carbocycles. The zero-order chi connectivity index (χ0) is 18.4. The Morgan fingerprint density at radius 2 is 2.08 bits per heavy atom. The molecule has 0 fully saturated rings. The fraction of sp³-hybridized carbons (Fsp3) is 0.111. The van der Waals surface area contributed by atoms with Crippen LogP contribution in [0.5, 0.6) is 0 Å². The first-order valence-corrected chi connectivity index (χ1v) is 9.38. The number of fused-ring (bicyclic) bond motifs is 1. The fourth-order valence-corrected chi connectivity index (χ4v) is 3.95. The van der Waals surface area contributed by atoms with Crippen LogP contribution in [0.1, 0.15) is 5.56 Å².